The minimum atomic E-state index is -1.00. The predicted molar refractivity (Wildman–Crippen MR) is 181 cm³/mol. The van der Waals surface area contributed by atoms with E-state index in [0.717, 1.165) is 26.6 Å². The molecule has 2 fully saturated rings. The van der Waals surface area contributed by atoms with E-state index in [2.05, 4.69) is 20.5 Å². The molecule has 5 aromatic rings. The Morgan fingerprint density at radius 3 is 2.46 bits per heavy atom. The van der Waals surface area contributed by atoms with Gasteiger partial charge < -0.3 is 24.3 Å². The van der Waals surface area contributed by atoms with Gasteiger partial charge in [-0.3, -0.25) is 38.9 Å². The number of carbonyl (C=O) groups excluding carboxylic acids is 3. The van der Waals surface area contributed by atoms with Crippen molar-refractivity contribution in [2.75, 3.05) is 20.8 Å². The molecule has 0 aliphatic carbocycles. The number of aromatic hydroxyl groups is 2. The average molecular weight is 680 g/mol. The van der Waals surface area contributed by atoms with E-state index < -0.39 is 35.7 Å². The van der Waals surface area contributed by atoms with Crippen LogP contribution >= 0.6 is 0 Å². The standard InChI is InChI=1S/C35H33N7O8/c1-40-16-22(19-9-11-36-15-21(19)33(40)46)18-13-27(49-2)23(28(14-18)50-3)17-41-12-10-25(41)32(45)39-38-24-6-4-5-20-30(24)35(48)42(34(20)47)26-7-8-29(43)37-31(26)44/h4-6,9,11,13-16,25-26,47-48H,7-8,10,12,17H2,1-3H3,(H,37,43,44)/t25-,26-/m0/s1. The zero-order chi connectivity index (χ0) is 35.3. The van der Waals surface area contributed by atoms with Crippen molar-refractivity contribution in [2.24, 2.45) is 17.3 Å². The average Bonchev–Trinajstić information content (AvgIpc) is 3.36. The van der Waals surface area contributed by atoms with E-state index in [1.165, 1.54) is 10.6 Å². The van der Waals surface area contributed by atoms with Crippen molar-refractivity contribution in [2.45, 2.75) is 37.9 Å². The molecule has 2 aromatic carbocycles. The summed E-state index contributed by atoms with van der Waals surface area (Å²) in [7, 11) is 4.79. The smallest absolute Gasteiger partial charge is 0.281 e. The highest BCUT2D eigenvalue weighted by molar-refractivity contribution is 6.04. The molecule has 3 amide bonds. The van der Waals surface area contributed by atoms with Crippen LogP contribution in [0.1, 0.15) is 30.9 Å². The maximum atomic E-state index is 13.3. The molecular weight excluding hydrogens is 646 g/mol. The number of ether oxygens (including phenoxy) is 2. The number of carbonyl (C=O) groups is 3. The third kappa shape index (κ3) is 5.41. The number of rotatable bonds is 8. The zero-order valence-corrected chi connectivity index (χ0v) is 27.4. The molecule has 2 aliphatic heterocycles. The Hall–Kier alpha value is -6.09. The van der Waals surface area contributed by atoms with Crippen molar-refractivity contribution in [3.05, 3.63) is 70.9 Å². The van der Waals surface area contributed by atoms with Gasteiger partial charge in [-0.25, -0.2) is 0 Å². The summed E-state index contributed by atoms with van der Waals surface area (Å²) < 4.78 is 14.2. The number of amides is 3. The lowest BCUT2D eigenvalue weighted by Gasteiger charge is -2.38. The zero-order valence-electron chi connectivity index (χ0n) is 27.4. The molecule has 0 saturated carbocycles. The van der Waals surface area contributed by atoms with Crippen LogP contribution < -0.4 is 20.3 Å². The molecule has 256 valence electrons. The number of pyridine rings is 2. The van der Waals surface area contributed by atoms with E-state index >= 15 is 0 Å². The molecule has 15 nitrogen and oxygen atoms in total. The van der Waals surface area contributed by atoms with Crippen LogP contribution in [-0.4, -0.2) is 73.8 Å². The van der Waals surface area contributed by atoms with E-state index in [4.69, 9.17) is 9.47 Å². The van der Waals surface area contributed by atoms with Gasteiger partial charge in [0.15, 0.2) is 0 Å². The SMILES string of the molecule is COc1cc(-c2cn(C)c(=O)c3cnccc23)cc(OC)c1CN1CC[C@H]1C(=O)N=Nc1cccc2c(O)n([C@H]3CCC(=O)NC3=O)c(O)c12. The first-order valence-corrected chi connectivity index (χ1v) is 15.9. The van der Waals surface area contributed by atoms with Crippen LogP contribution in [0.2, 0.25) is 0 Å². The number of likely N-dealkylation sites (tertiary alicyclic amines) is 1. The van der Waals surface area contributed by atoms with Crippen molar-refractivity contribution in [3.63, 3.8) is 0 Å². The summed E-state index contributed by atoms with van der Waals surface area (Å²) in [5.41, 5.74) is 2.27. The molecule has 15 heteroatoms. The minimum absolute atomic E-state index is 0.0505. The fraction of sp³-hybridized carbons (Fsp3) is 0.286. The topological polar surface area (TPSA) is 190 Å². The lowest BCUT2D eigenvalue weighted by atomic mass is 9.97. The number of nitrogens with one attached hydrogen (secondary N) is 1. The van der Waals surface area contributed by atoms with Crippen LogP contribution in [0.3, 0.4) is 0 Å². The van der Waals surface area contributed by atoms with Gasteiger partial charge in [0.2, 0.25) is 23.6 Å². The van der Waals surface area contributed by atoms with Gasteiger partial charge in [0.1, 0.15) is 17.5 Å². The van der Waals surface area contributed by atoms with E-state index in [-0.39, 0.29) is 40.7 Å². The third-order valence-corrected chi connectivity index (χ3v) is 9.42. The Morgan fingerprint density at radius 2 is 1.78 bits per heavy atom. The summed E-state index contributed by atoms with van der Waals surface area (Å²) in [5.74, 6) is -1.28. The van der Waals surface area contributed by atoms with E-state index in [9.17, 15) is 29.4 Å². The second-order valence-electron chi connectivity index (χ2n) is 12.2. The summed E-state index contributed by atoms with van der Waals surface area (Å²) in [6.07, 6.45) is 5.64. The summed E-state index contributed by atoms with van der Waals surface area (Å²) in [6, 6.07) is 8.62. The molecule has 0 radical (unpaired) electrons. The van der Waals surface area contributed by atoms with Crippen molar-refractivity contribution in [1.29, 1.82) is 0 Å². The van der Waals surface area contributed by atoms with E-state index in [1.807, 2.05) is 17.0 Å². The minimum Gasteiger partial charge on any atom is -0.496 e. The highest BCUT2D eigenvalue weighted by Crippen LogP contribution is 2.45. The van der Waals surface area contributed by atoms with Crippen LogP contribution in [0.25, 0.3) is 32.7 Å². The predicted octanol–water partition coefficient (Wildman–Crippen LogP) is 3.85. The molecule has 3 aromatic heterocycles. The van der Waals surface area contributed by atoms with E-state index in [1.54, 1.807) is 58.1 Å². The Bertz CT molecular complexity index is 2290. The molecule has 5 heterocycles. The van der Waals surface area contributed by atoms with Crippen LogP contribution in [0.5, 0.6) is 23.3 Å². The van der Waals surface area contributed by atoms with Gasteiger partial charge >= 0.3 is 0 Å². The number of hydrogen-bond acceptors (Lipinski definition) is 11. The van der Waals surface area contributed by atoms with Crippen molar-refractivity contribution in [3.8, 4) is 34.4 Å². The Labute approximate surface area is 284 Å². The summed E-state index contributed by atoms with van der Waals surface area (Å²) in [5, 5.41) is 33.9. The van der Waals surface area contributed by atoms with Gasteiger partial charge in [0, 0.05) is 56.1 Å². The first kappa shape index (κ1) is 32.5. The molecule has 3 N–H and O–H groups in total. The molecule has 0 unspecified atom stereocenters. The molecule has 2 aliphatic rings. The van der Waals surface area contributed by atoms with Gasteiger partial charge in [-0.2, -0.15) is 0 Å². The van der Waals surface area contributed by atoms with Gasteiger partial charge in [0.25, 0.3) is 11.5 Å². The Kier molecular flexibility index (Phi) is 8.27. The maximum Gasteiger partial charge on any atom is 0.281 e. The molecular formula is C35H33N7O8. The van der Waals surface area contributed by atoms with Crippen molar-refractivity contribution in [1.82, 2.24) is 24.3 Å². The number of hydrogen-bond donors (Lipinski definition) is 3. The molecule has 0 spiro atoms. The highest BCUT2D eigenvalue weighted by atomic mass is 16.5. The first-order valence-electron chi connectivity index (χ1n) is 15.9. The highest BCUT2D eigenvalue weighted by Gasteiger charge is 2.36. The van der Waals surface area contributed by atoms with Crippen molar-refractivity contribution < 1.29 is 34.1 Å². The monoisotopic (exact) mass is 679 g/mol. The van der Waals surface area contributed by atoms with Crippen LogP contribution in [0, 0.1) is 0 Å². The molecule has 7 rings (SSSR count). The molecule has 2 saturated heterocycles. The van der Waals surface area contributed by atoms with Gasteiger partial charge in [-0.15, -0.1) is 10.2 Å². The van der Waals surface area contributed by atoms with Gasteiger partial charge in [0.05, 0.1) is 42.3 Å². The maximum absolute atomic E-state index is 13.3. The second kappa shape index (κ2) is 12.7. The summed E-state index contributed by atoms with van der Waals surface area (Å²) >= 11 is 0. The number of benzene rings is 2. The third-order valence-electron chi connectivity index (χ3n) is 9.42. The largest absolute Gasteiger partial charge is 0.496 e. The Morgan fingerprint density at radius 1 is 1.02 bits per heavy atom. The van der Waals surface area contributed by atoms with Crippen molar-refractivity contribution >= 4 is 45.0 Å². The fourth-order valence-electron chi connectivity index (χ4n) is 6.74. The lowest BCUT2D eigenvalue weighted by molar-refractivity contribution is -0.136. The number of piperidine rings is 1. The molecule has 2 atom stereocenters. The number of methoxy groups -OCH3 is 2. The lowest BCUT2D eigenvalue weighted by Crippen LogP contribution is -2.51. The summed E-state index contributed by atoms with van der Waals surface area (Å²) in [6.45, 7) is 0.924. The van der Waals surface area contributed by atoms with Crippen LogP contribution in [-0.2, 0) is 28.0 Å². The van der Waals surface area contributed by atoms with Crippen LogP contribution in [0.15, 0.2) is 70.0 Å². The first-order chi connectivity index (χ1) is 24.1. The number of imide groups is 1. The van der Waals surface area contributed by atoms with E-state index in [0.29, 0.717) is 36.4 Å². The molecule has 50 heavy (non-hydrogen) atoms. The normalized spacial score (nSPS) is 18.1. The number of nitrogens with zero attached hydrogens (tertiary/aromatic N) is 6. The van der Waals surface area contributed by atoms with Crippen LogP contribution in [0.4, 0.5) is 5.69 Å². The Balaban J connectivity index is 1.14. The second-order valence-corrected chi connectivity index (χ2v) is 12.2. The number of fused-ring (bicyclic) bond motifs is 2. The van der Waals surface area contributed by atoms with Gasteiger partial charge in [-0.05, 0) is 54.1 Å². The molecule has 0 bridgehead atoms. The quantitative estimate of drug-likeness (QED) is 0.160. The summed E-state index contributed by atoms with van der Waals surface area (Å²) in [4.78, 5) is 56.3. The fourth-order valence-corrected chi connectivity index (χ4v) is 6.74. The number of azo groups is 1. The van der Waals surface area contributed by atoms with Gasteiger partial charge in [-0.1, -0.05) is 6.07 Å². The number of aryl methyl sites for hydroxylation is 1. The number of aromatic nitrogens is 3.